The van der Waals surface area contributed by atoms with Gasteiger partial charge >= 0.3 is 0 Å². The van der Waals surface area contributed by atoms with Crippen molar-refractivity contribution in [2.24, 2.45) is 11.7 Å². The second-order valence-corrected chi connectivity index (χ2v) is 10.3. The Morgan fingerprint density at radius 1 is 0.821 bits per heavy atom. The van der Waals surface area contributed by atoms with Crippen molar-refractivity contribution in [3.8, 4) is 0 Å². The standard InChI is InChI=1S/C15H20N2.C8H10.C6H10.2C4H10/c1-6-10(2)13(5)17-15-9-14(12(4)16)8-7-11(15)3;1-7-5-3-4-6-8(7)2;1-5(2)6-3-4-6;2*1-3-4-2/h6-9,17H,4-5,16H2,1-3H3;3-6H,1-2H3;6H,1,3-4H2,2H3;2*3-4H2,1-2H3/b10-6+;;;;. The van der Waals surface area contributed by atoms with E-state index >= 15 is 0 Å². The van der Waals surface area contributed by atoms with E-state index in [9.17, 15) is 0 Å². The van der Waals surface area contributed by atoms with Crippen molar-refractivity contribution >= 4 is 11.4 Å². The molecule has 1 aliphatic rings. The summed E-state index contributed by atoms with van der Waals surface area (Å²) in [6, 6.07) is 14.3. The number of anilines is 1. The Balaban J connectivity index is 0. The quantitative estimate of drug-likeness (QED) is 0.275. The number of hydrogen-bond donors (Lipinski definition) is 2. The van der Waals surface area contributed by atoms with E-state index < -0.39 is 0 Å². The molecule has 3 rings (SSSR count). The normalized spacial score (nSPS) is 11.5. The number of hydrogen-bond acceptors (Lipinski definition) is 2. The highest BCUT2D eigenvalue weighted by atomic mass is 14.9. The average molecular weight is 533 g/mol. The number of aryl methyl sites for hydroxylation is 3. The van der Waals surface area contributed by atoms with Crippen molar-refractivity contribution in [1.29, 1.82) is 0 Å². The van der Waals surface area contributed by atoms with Crippen molar-refractivity contribution < 1.29 is 0 Å². The molecule has 1 saturated carbocycles. The molecule has 1 aliphatic carbocycles. The molecule has 0 unspecified atom stereocenters. The number of unbranched alkanes of at least 4 members (excludes halogenated alkanes) is 2. The van der Waals surface area contributed by atoms with Gasteiger partial charge in [0.05, 0.1) is 0 Å². The van der Waals surface area contributed by atoms with Crippen LogP contribution in [0.4, 0.5) is 5.69 Å². The first kappa shape index (κ1) is 38.1. The zero-order valence-electron chi connectivity index (χ0n) is 27.1. The Bertz CT molecular complexity index is 977. The molecule has 0 atom stereocenters. The molecule has 218 valence electrons. The highest BCUT2D eigenvalue weighted by molar-refractivity contribution is 5.68. The number of benzene rings is 2. The first-order chi connectivity index (χ1) is 18.4. The maximum Gasteiger partial charge on any atom is 0.0420 e. The Morgan fingerprint density at radius 3 is 1.56 bits per heavy atom. The molecule has 2 nitrogen and oxygen atoms in total. The third-order valence-corrected chi connectivity index (χ3v) is 6.50. The Kier molecular flexibility index (Phi) is 22.4. The van der Waals surface area contributed by atoms with Crippen molar-refractivity contribution in [3.05, 3.63) is 107 Å². The average Bonchev–Trinajstić information content (AvgIpc) is 3.78. The summed E-state index contributed by atoms with van der Waals surface area (Å²) in [5.41, 5.74) is 15.5. The molecule has 2 heteroatoms. The van der Waals surface area contributed by atoms with Crippen LogP contribution in [0, 0.1) is 26.7 Å². The van der Waals surface area contributed by atoms with Crippen molar-refractivity contribution in [3.63, 3.8) is 0 Å². The van der Waals surface area contributed by atoms with Crippen LogP contribution in [-0.2, 0) is 0 Å². The zero-order chi connectivity index (χ0) is 30.4. The van der Waals surface area contributed by atoms with Crippen LogP contribution < -0.4 is 11.1 Å². The van der Waals surface area contributed by atoms with Crippen molar-refractivity contribution in [2.75, 3.05) is 5.32 Å². The van der Waals surface area contributed by atoms with Gasteiger partial charge in [-0.3, -0.25) is 0 Å². The lowest BCUT2D eigenvalue weighted by Crippen LogP contribution is -2.02. The van der Waals surface area contributed by atoms with Gasteiger partial charge in [0.2, 0.25) is 0 Å². The third-order valence-electron chi connectivity index (χ3n) is 6.50. The molecular formula is C37H60N2. The van der Waals surface area contributed by atoms with Gasteiger partial charge in [-0.25, -0.2) is 0 Å². The van der Waals surface area contributed by atoms with Gasteiger partial charge in [0.25, 0.3) is 0 Å². The van der Waals surface area contributed by atoms with Crippen LogP contribution in [0.5, 0.6) is 0 Å². The van der Waals surface area contributed by atoms with Gasteiger partial charge in [-0.2, -0.15) is 0 Å². The van der Waals surface area contributed by atoms with Gasteiger partial charge in [-0.05, 0) is 94.2 Å². The number of nitrogens with two attached hydrogens (primary N) is 1. The van der Waals surface area contributed by atoms with Gasteiger partial charge in [-0.15, -0.1) is 0 Å². The van der Waals surface area contributed by atoms with Gasteiger partial charge in [0.1, 0.15) is 0 Å². The molecule has 0 amide bonds. The first-order valence-corrected chi connectivity index (χ1v) is 14.7. The second kappa shape index (κ2) is 22.9. The highest BCUT2D eigenvalue weighted by Crippen LogP contribution is 2.34. The lowest BCUT2D eigenvalue weighted by molar-refractivity contribution is 0.886. The molecule has 39 heavy (non-hydrogen) atoms. The maximum atomic E-state index is 5.69. The summed E-state index contributed by atoms with van der Waals surface area (Å²) in [5, 5.41) is 3.30. The van der Waals surface area contributed by atoms with E-state index in [2.05, 4.69) is 97.8 Å². The fraction of sp³-hybridized carbons (Fsp3) is 0.459. The highest BCUT2D eigenvalue weighted by Gasteiger charge is 2.20. The minimum atomic E-state index is 0.571. The lowest BCUT2D eigenvalue weighted by atomic mass is 10.1. The fourth-order valence-corrected chi connectivity index (χ4v) is 2.63. The summed E-state index contributed by atoms with van der Waals surface area (Å²) in [6.45, 7) is 32.7. The van der Waals surface area contributed by atoms with Gasteiger partial charge in [0.15, 0.2) is 0 Å². The van der Waals surface area contributed by atoms with Crippen LogP contribution in [-0.4, -0.2) is 0 Å². The van der Waals surface area contributed by atoms with Crippen molar-refractivity contribution in [1.82, 2.24) is 0 Å². The zero-order valence-corrected chi connectivity index (χ0v) is 27.1. The van der Waals surface area contributed by atoms with Gasteiger partial charge < -0.3 is 11.1 Å². The largest absolute Gasteiger partial charge is 0.399 e. The van der Waals surface area contributed by atoms with E-state index in [1.165, 1.54) is 55.2 Å². The minimum Gasteiger partial charge on any atom is -0.399 e. The fourth-order valence-electron chi connectivity index (χ4n) is 2.63. The minimum absolute atomic E-state index is 0.571. The summed E-state index contributed by atoms with van der Waals surface area (Å²) in [4.78, 5) is 0. The monoisotopic (exact) mass is 532 g/mol. The molecule has 1 fully saturated rings. The van der Waals surface area contributed by atoms with Gasteiger partial charge in [0, 0.05) is 17.1 Å². The van der Waals surface area contributed by atoms with Crippen LogP contribution in [0.15, 0.2) is 85.1 Å². The molecular weight excluding hydrogens is 472 g/mol. The van der Waals surface area contributed by atoms with Gasteiger partial charge in [-0.1, -0.05) is 121 Å². The molecule has 2 aromatic carbocycles. The second-order valence-electron chi connectivity index (χ2n) is 10.3. The van der Waals surface area contributed by atoms with E-state index in [0.29, 0.717) is 5.70 Å². The molecule has 0 aromatic heterocycles. The summed E-state index contributed by atoms with van der Waals surface area (Å²) in [7, 11) is 0. The molecule has 0 saturated heterocycles. The smallest absolute Gasteiger partial charge is 0.0420 e. The topological polar surface area (TPSA) is 38.0 Å². The van der Waals surface area contributed by atoms with E-state index in [1.54, 1.807) is 0 Å². The van der Waals surface area contributed by atoms with Crippen LogP contribution in [0.25, 0.3) is 5.70 Å². The van der Waals surface area contributed by atoms with E-state index in [1.807, 2.05) is 45.0 Å². The SMILES string of the molecule is C=C(C)C1CC1.C=C(Nc1cc(C(=C)N)ccc1C)/C(C)=C/C.CCCC.CCCC.Cc1ccccc1C. The predicted octanol–water partition coefficient (Wildman–Crippen LogP) is 11.7. The maximum absolute atomic E-state index is 5.69. The Hall–Kier alpha value is -3.00. The molecule has 0 bridgehead atoms. The van der Waals surface area contributed by atoms with E-state index in [-0.39, 0.29) is 0 Å². The van der Waals surface area contributed by atoms with Crippen LogP contribution in [0.3, 0.4) is 0 Å². The molecule has 2 aromatic rings. The van der Waals surface area contributed by atoms with Crippen LogP contribution in [0.2, 0.25) is 0 Å². The summed E-state index contributed by atoms with van der Waals surface area (Å²) < 4.78 is 0. The first-order valence-electron chi connectivity index (χ1n) is 14.7. The van der Waals surface area contributed by atoms with Crippen LogP contribution >= 0.6 is 0 Å². The molecule has 0 radical (unpaired) electrons. The number of rotatable bonds is 7. The summed E-state index contributed by atoms with van der Waals surface area (Å²) in [5.74, 6) is 0.907. The van der Waals surface area contributed by atoms with E-state index in [4.69, 9.17) is 5.73 Å². The number of nitrogens with one attached hydrogen (secondary N) is 1. The molecule has 0 spiro atoms. The van der Waals surface area contributed by atoms with Crippen LogP contribution in [0.1, 0.15) is 109 Å². The molecule has 0 aliphatic heterocycles. The molecule has 3 N–H and O–H groups in total. The predicted molar refractivity (Wildman–Crippen MR) is 181 cm³/mol. The Morgan fingerprint density at radius 2 is 1.28 bits per heavy atom. The lowest BCUT2D eigenvalue weighted by Gasteiger charge is -2.14. The number of allylic oxidation sites excluding steroid dienone is 3. The van der Waals surface area contributed by atoms with Crippen molar-refractivity contribution in [2.45, 2.75) is 108 Å². The summed E-state index contributed by atoms with van der Waals surface area (Å²) in [6.07, 6.45) is 10.1. The molecule has 0 heterocycles. The third kappa shape index (κ3) is 19.7. The van der Waals surface area contributed by atoms with E-state index in [0.717, 1.165) is 34.0 Å². The summed E-state index contributed by atoms with van der Waals surface area (Å²) >= 11 is 0. The Labute approximate surface area is 243 Å².